The van der Waals surface area contributed by atoms with Gasteiger partial charge in [-0.05, 0) is 37.8 Å². The number of carbonyl (C=O) groups excluding carboxylic acids is 3. The van der Waals surface area contributed by atoms with E-state index in [4.69, 9.17) is 16.3 Å². The fourth-order valence-corrected chi connectivity index (χ4v) is 6.72. The van der Waals surface area contributed by atoms with E-state index in [2.05, 4.69) is 26.6 Å². The summed E-state index contributed by atoms with van der Waals surface area (Å²) in [4.78, 5) is 41.4. The maximum atomic E-state index is 13.7. The van der Waals surface area contributed by atoms with Crippen molar-refractivity contribution in [2.75, 3.05) is 25.5 Å². The number of halogens is 2. The SMILES string of the molecule is CNC(=O)[C@H]1[C@H]2C(=O)N(CCCCO)C(C(=O)Nc3c(C)cccc3Cl)C23CC(Br)[C@@H]1O3. The minimum atomic E-state index is -1.11. The zero-order chi connectivity index (χ0) is 23.2. The Morgan fingerprint density at radius 3 is 2.75 bits per heavy atom. The Kier molecular flexibility index (Phi) is 6.55. The van der Waals surface area contributed by atoms with Crippen molar-refractivity contribution in [3.05, 3.63) is 28.8 Å². The van der Waals surface area contributed by atoms with Crippen molar-refractivity contribution >= 4 is 50.9 Å². The normalized spacial score (nSPS) is 32.8. The average molecular weight is 529 g/mol. The summed E-state index contributed by atoms with van der Waals surface area (Å²) >= 11 is 9.94. The molecule has 3 aliphatic heterocycles. The molecular formula is C22H27BrClN3O5. The summed E-state index contributed by atoms with van der Waals surface area (Å²) in [6.45, 7) is 2.13. The fraction of sp³-hybridized carbons (Fsp3) is 0.591. The van der Waals surface area contributed by atoms with E-state index < -0.39 is 29.6 Å². The standard InChI is InChI=1S/C22H27BrClN3O5/c1-11-6-5-7-13(24)16(11)26-20(30)18-22-10-12(23)17(32-22)14(19(29)25-2)15(22)21(31)27(18)8-3-4-9-28/h5-7,12,14-15,17-18,28H,3-4,8-10H2,1-2H3,(H,25,29)(H,26,30)/t12?,14-,15-,17-,18?,22?/m0/s1. The van der Waals surface area contributed by atoms with Crippen molar-refractivity contribution in [3.8, 4) is 0 Å². The molecule has 2 bridgehead atoms. The first-order valence-electron chi connectivity index (χ1n) is 10.8. The number of hydrogen-bond acceptors (Lipinski definition) is 5. The number of hydrogen-bond donors (Lipinski definition) is 3. The molecule has 3 heterocycles. The van der Waals surface area contributed by atoms with Gasteiger partial charge in [0.2, 0.25) is 17.7 Å². The van der Waals surface area contributed by atoms with Crippen LogP contribution in [0.15, 0.2) is 18.2 Å². The molecule has 6 atom stereocenters. The molecule has 0 radical (unpaired) electrons. The van der Waals surface area contributed by atoms with Crippen LogP contribution < -0.4 is 10.6 Å². The van der Waals surface area contributed by atoms with Gasteiger partial charge in [0.05, 0.1) is 28.6 Å². The molecule has 4 rings (SSSR count). The van der Waals surface area contributed by atoms with Crippen LogP contribution in [0, 0.1) is 18.8 Å². The van der Waals surface area contributed by atoms with E-state index in [0.717, 1.165) is 5.56 Å². The molecule has 174 valence electrons. The van der Waals surface area contributed by atoms with Gasteiger partial charge in [-0.2, -0.15) is 0 Å². The minimum Gasteiger partial charge on any atom is -0.396 e. The molecule has 3 saturated heterocycles. The number of nitrogens with zero attached hydrogens (tertiary/aromatic N) is 1. The van der Waals surface area contributed by atoms with E-state index in [1.807, 2.05) is 13.0 Å². The lowest BCUT2D eigenvalue weighted by Crippen LogP contribution is -2.54. The second-order valence-electron chi connectivity index (χ2n) is 8.66. The molecule has 0 saturated carbocycles. The van der Waals surface area contributed by atoms with Crippen LogP contribution in [0.4, 0.5) is 5.69 Å². The van der Waals surface area contributed by atoms with Crippen LogP contribution >= 0.6 is 27.5 Å². The Morgan fingerprint density at radius 1 is 1.34 bits per heavy atom. The number of aliphatic hydroxyl groups excluding tert-OH is 1. The van der Waals surface area contributed by atoms with E-state index in [0.29, 0.717) is 36.5 Å². The summed E-state index contributed by atoms with van der Waals surface area (Å²) in [6.07, 6.45) is 0.993. The summed E-state index contributed by atoms with van der Waals surface area (Å²) in [7, 11) is 1.53. The van der Waals surface area contributed by atoms with Crippen LogP contribution in [0.2, 0.25) is 5.02 Å². The van der Waals surface area contributed by atoms with Gasteiger partial charge in [-0.3, -0.25) is 14.4 Å². The third kappa shape index (κ3) is 3.54. The monoisotopic (exact) mass is 527 g/mol. The number of benzene rings is 1. The lowest BCUT2D eigenvalue weighted by atomic mass is 9.70. The first kappa shape index (κ1) is 23.5. The second-order valence-corrected chi connectivity index (χ2v) is 10.2. The highest BCUT2D eigenvalue weighted by molar-refractivity contribution is 9.09. The van der Waals surface area contributed by atoms with Gasteiger partial charge >= 0.3 is 0 Å². The molecule has 3 N–H and O–H groups in total. The number of likely N-dealkylation sites (tertiary alicyclic amines) is 1. The zero-order valence-corrected chi connectivity index (χ0v) is 20.3. The number of anilines is 1. The van der Waals surface area contributed by atoms with Crippen molar-refractivity contribution in [2.24, 2.45) is 11.8 Å². The highest BCUT2D eigenvalue weighted by Crippen LogP contribution is 2.60. The lowest BCUT2D eigenvalue weighted by Gasteiger charge is -2.34. The lowest BCUT2D eigenvalue weighted by molar-refractivity contribution is -0.140. The highest BCUT2D eigenvalue weighted by atomic mass is 79.9. The smallest absolute Gasteiger partial charge is 0.250 e. The third-order valence-electron chi connectivity index (χ3n) is 6.86. The highest BCUT2D eigenvalue weighted by Gasteiger charge is 2.76. The van der Waals surface area contributed by atoms with Gasteiger partial charge in [0.15, 0.2) is 0 Å². The van der Waals surface area contributed by atoms with E-state index in [9.17, 15) is 19.5 Å². The van der Waals surface area contributed by atoms with Crippen LogP contribution in [0.3, 0.4) is 0 Å². The summed E-state index contributed by atoms with van der Waals surface area (Å²) < 4.78 is 6.36. The van der Waals surface area contributed by atoms with Gasteiger partial charge in [0.25, 0.3) is 0 Å². The molecule has 0 aromatic heterocycles. The zero-order valence-electron chi connectivity index (χ0n) is 17.9. The van der Waals surface area contributed by atoms with Crippen LogP contribution in [0.1, 0.15) is 24.8 Å². The number of unbranched alkanes of at least 4 members (excludes halogenated alkanes) is 1. The van der Waals surface area contributed by atoms with Crippen molar-refractivity contribution < 1.29 is 24.2 Å². The van der Waals surface area contributed by atoms with E-state index in [1.54, 1.807) is 12.1 Å². The predicted octanol–water partition coefficient (Wildman–Crippen LogP) is 1.85. The van der Waals surface area contributed by atoms with Crippen LogP contribution in [0.5, 0.6) is 0 Å². The molecule has 1 aromatic rings. The van der Waals surface area contributed by atoms with Crippen molar-refractivity contribution in [1.29, 1.82) is 0 Å². The Labute approximate surface area is 200 Å². The average Bonchev–Trinajstić information content (AvgIpc) is 3.34. The van der Waals surface area contributed by atoms with Gasteiger partial charge < -0.3 is 25.4 Å². The van der Waals surface area contributed by atoms with Crippen LogP contribution in [-0.4, -0.2) is 70.5 Å². The maximum absolute atomic E-state index is 13.7. The van der Waals surface area contributed by atoms with Crippen LogP contribution in [-0.2, 0) is 19.1 Å². The summed E-state index contributed by atoms with van der Waals surface area (Å²) in [5, 5.41) is 15.2. The van der Waals surface area contributed by atoms with Gasteiger partial charge in [-0.25, -0.2) is 0 Å². The van der Waals surface area contributed by atoms with Gasteiger partial charge in [-0.15, -0.1) is 0 Å². The number of nitrogens with one attached hydrogen (secondary N) is 2. The Balaban J connectivity index is 1.73. The number of aryl methyl sites for hydroxylation is 1. The van der Waals surface area contributed by atoms with Gasteiger partial charge in [0, 0.05) is 25.0 Å². The molecule has 3 unspecified atom stereocenters. The van der Waals surface area contributed by atoms with Gasteiger partial charge in [0.1, 0.15) is 11.6 Å². The first-order chi connectivity index (χ1) is 15.3. The van der Waals surface area contributed by atoms with Crippen molar-refractivity contribution in [1.82, 2.24) is 10.2 Å². The Bertz CT molecular complexity index is 926. The second kappa shape index (κ2) is 8.93. The largest absolute Gasteiger partial charge is 0.396 e. The molecule has 1 aromatic carbocycles. The quantitative estimate of drug-likeness (QED) is 0.370. The predicted molar refractivity (Wildman–Crippen MR) is 123 cm³/mol. The Morgan fingerprint density at radius 2 is 2.09 bits per heavy atom. The number of amides is 3. The number of ether oxygens (including phenoxy) is 1. The molecule has 3 fully saturated rings. The molecule has 3 aliphatic rings. The fourth-order valence-electron chi connectivity index (χ4n) is 5.51. The minimum absolute atomic E-state index is 0.00477. The molecule has 10 heteroatoms. The number of carbonyl (C=O) groups is 3. The molecule has 3 amide bonds. The third-order valence-corrected chi connectivity index (χ3v) is 8.02. The molecule has 1 spiro atoms. The van der Waals surface area contributed by atoms with Crippen molar-refractivity contribution in [3.63, 3.8) is 0 Å². The molecule has 32 heavy (non-hydrogen) atoms. The van der Waals surface area contributed by atoms with E-state index in [1.165, 1.54) is 11.9 Å². The number of aliphatic hydroxyl groups is 1. The molecular weight excluding hydrogens is 502 g/mol. The van der Waals surface area contributed by atoms with E-state index >= 15 is 0 Å². The maximum Gasteiger partial charge on any atom is 0.250 e. The summed E-state index contributed by atoms with van der Waals surface area (Å²) in [5.74, 6) is -2.32. The van der Waals surface area contributed by atoms with Crippen molar-refractivity contribution in [2.45, 2.75) is 48.8 Å². The topological polar surface area (TPSA) is 108 Å². The first-order valence-corrected chi connectivity index (χ1v) is 12.1. The number of alkyl halides is 1. The van der Waals surface area contributed by atoms with Gasteiger partial charge in [-0.1, -0.05) is 39.7 Å². The number of rotatable bonds is 7. The Hall–Kier alpha value is -1.68. The number of fused-ring (bicyclic) bond motifs is 1. The van der Waals surface area contributed by atoms with Crippen LogP contribution in [0.25, 0.3) is 0 Å². The summed E-state index contributed by atoms with van der Waals surface area (Å²) in [5.41, 5.74) is 0.188. The molecule has 8 nitrogen and oxygen atoms in total. The molecule has 0 aliphatic carbocycles. The summed E-state index contributed by atoms with van der Waals surface area (Å²) in [6, 6.07) is 4.43. The number of para-hydroxylation sites is 1. The van der Waals surface area contributed by atoms with E-state index in [-0.39, 0.29) is 29.2 Å².